The molecule has 5 nitrogen and oxygen atoms in total. The third-order valence-corrected chi connectivity index (χ3v) is 3.47. The number of unbranched alkanes of at least 4 members (excludes halogenated alkanes) is 1. The molecule has 0 spiro atoms. The Kier molecular flexibility index (Phi) is 3.29. The van der Waals surface area contributed by atoms with Crippen molar-refractivity contribution in [3.8, 4) is 11.5 Å². The fourth-order valence-electron chi connectivity index (χ4n) is 2.50. The van der Waals surface area contributed by atoms with E-state index in [0.717, 1.165) is 60.7 Å². The van der Waals surface area contributed by atoms with Crippen LogP contribution in [-0.4, -0.2) is 22.9 Å². The zero-order chi connectivity index (χ0) is 13.2. The van der Waals surface area contributed by atoms with Gasteiger partial charge < -0.3 is 19.8 Å². The van der Waals surface area contributed by atoms with Crippen LogP contribution in [0.1, 0.15) is 25.6 Å². The molecule has 5 heteroatoms. The average Bonchev–Trinajstić information content (AvgIpc) is 3.00. The summed E-state index contributed by atoms with van der Waals surface area (Å²) in [5.41, 5.74) is 7.67. The van der Waals surface area contributed by atoms with Crippen molar-refractivity contribution in [2.24, 2.45) is 5.73 Å². The molecule has 2 heterocycles. The molecule has 0 saturated carbocycles. The van der Waals surface area contributed by atoms with Crippen molar-refractivity contribution in [2.45, 2.75) is 32.7 Å². The molecule has 1 aliphatic heterocycles. The van der Waals surface area contributed by atoms with Gasteiger partial charge in [-0.1, -0.05) is 6.92 Å². The van der Waals surface area contributed by atoms with Crippen LogP contribution in [0.5, 0.6) is 11.5 Å². The minimum Gasteiger partial charge on any atom is -0.454 e. The Bertz CT molecular complexity index is 592. The summed E-state index contributed by atoms with van der Waals surface area (Å²) in [6, 6.07) is 4.00. The lowest BCUT2D eigenvalue weighted by Gasteiger charge is -2.07. The SMILES string of the molecule is CCc1nc2cc3c(cc2n1CCCCN)OCO3. The van der Waals surface area contributed by atoms with E-state index in [9.17, 15) is 0 Å². The summed E-state index contributed by atoms with van der Waals surface area (Å²) < 4.78 is 13.1. The Morgan fingerprint density at radius 2 is 2.05 bits per heavy atom. The lowest BCUT2D eigenvalue weighted by atomic mass is 10.2. The van der Waals surface area contributed by atoms with E-state index >= 15 is 0 Å². The predicted octanol–water partition coefficient (Wildman–Crippen LogP) is 2.07. The molecule has 0 saturated heterocycles. The molecule has 3 rings (SSSR count). The highest BCUT2D eigenvalue weighted by Crippen LogP contribution is 2.36. The number of nitrogens with two attached hydrogens (primary N) is 1. The third-order valence-electron chi connectivity index (χ3n) is 3.47. The van der Waals surface area contributed by atoms with Crippen LogP contribution in [0.15, 0.2) is 12.1 Å². The second-order valence-corrected chi connectivity index (χ2v) is 4.72. The lowest BCUT2D eigenvalue weighted by molar-refractivity contribution is 0.174. The molecule has 0 bridgehead atoms. The smallest absolute Gasteiger partial charge is 0.231 e. The molecule has 0 amide bonds. The van der Waals surface area contributed by atoms with Gasteiger partial charge in [-0.05, 0) is 19.4 Å². The molecule has 1 aromatic heterocycles. The topological polar surface area (TPSA) is 62.3 Å². The summed E-state index contributed by atoms with van der Waals surface area (Å²) in [6.07, 6.45) is 3.03. The lowest BCUT2D eigenvalue weighted by Crippen LogP contribution is -2.06. The molecule has 1 aromatic carbocycles. The Morgan fingerprint density at radius 1 is 1.26 bits per heavy atom. The van der Waals surface area contributed by atoms with Gasteiger partial charge in [-0.3, -0.25) is 0 Å². The first-order chi connectivity index (χ1) is 9.33. The molecule has 0 radical (unpaired) electrons. The van der Waals surface area contributed by atoms with Gasteiger partial charge >= 0.3 is 0 Å². The highest BCUT2D eigenvalue weighted by molar-refractivity contribution is 5.81. The maximum Gasteiger partial charge on any atom is 0.231 e. The van der Waals surface area contributed by atoms with Gasteiger partial charge in [0.25, 0.3) is 0 Å². The summed E-state index contributed by atoms with van der Waals surface area (Å²) in [6.45, 7) is 4.12. The molecule has 2 N–H and O–H groups in total. The Labute approximate surface area is 112 Å². The van der Waals surface area contributed by atoms with Crippen molar-refractivity contribution in [1.29, 1.82) is 0 Å². The first-order valence-corrected chi connectivity index (χ1v) is 6.82. The van der Waals surface area contributed by atoms with E-state index in [-0.39, 0.29) is 0 Å². The summed E-state index contributed by atoms with van der Waals surface area (Å²) >= 11 is 0. The van der Waals surface area contributed by atoms with Crippen molar-refractivity contribution in [2.75, 3.05) is 13.3 Å². The number of hydrogen-bond acceptors (Lipinski definition) is 4. The van der Waals surface area contributed by atoms with E-state index in [4.69, 9.17) is 15.2 Å². The molecule has 1 aliphatic rings. The number of hydrogen-bond donors (Lipinski definition) is 1. The summed E-state index contributed by atoms with van der Waals surface area (Å²) in [7, 11) is 0. The van der Waals surface area contributed by atoms with Crippen molar-refractivity contribution in [3.05, 3.63) is 18.0 Å². The molecule has 0 unspecified atom stereocenters. The highest BCUT2D eigenvalue weighted by atomic mass is 16.7. The van der Waals surface area contributed by atoms with E-state index in [2.05, 4.69) is 16.5 Å². The number of aryl methyl sites for hydroxylation is 2. The zero-order valence-electron chi connectivity index (χ0n) is 11.2. The number of fused-ring (bicyclic) bond motifs is 2. The third kappa shape index (κ3) is 2.14. The van der Waals surface area contributed by atoms with Crippen molar-refractivity contribution >= 4 is 11.0 Å². The summed E-state index contributed by atoms with van der Waals surface area (Å²) in [5.74, 6) is 2.72. The molecular formula is C14H19N3O2. The van der Waals surface area contributed by atoms with Crippen LogP contribution in [0.4, 0.5) is 0 Å². The van der Waals surface area contributed by atoms with Crippen LogP contribution in [0, 0.1) is 0 Å². The normalized spacial score (nSPS) is 13.4. The zero-order valence-corrected chi connectivity index (χ0v) is 11.2. The Hall–Kier alpha value is -1.75. The Morgan fingerprint density at radius 3 is 2.79 bits per heavy atom. The predicted molar refractivity (Wildman–Crippen MR) is 73.5 cm³/mol. The van der Waals surface area contributed by atoms with Gasteiger partial charge in [0.15, 0.2) is 11.5 Å². The molecule has 0 aliphatic carbocycles. The number of nitrogens with zero attached hydrogens (tertiary/aromatic N) is 2. The quantitative estimate of drug-likeness (QED) is 0.837. The van der Waals surface area contributed by atoms with Crippen LogP contribution in [-0.2, 0) is 13.0 Å². The second kappa shape index (κ2) is 5.09. The molecule has 102 valence electrons. The van der Waals surface area contributed by atoms with Crippen molar-refractivity contribution in [1.82, 2.24) is 9.55 Å². The first-order valence-electron chi connectivity index (χ1n) is 6.82. The van der Waals surface area contributed by atoms with Crippen LogP contribution < -0.4 is 15.2 Å². The van der Waals surface area contributed by atoms with E-state index in [1.807, 2.05) is 12.1 Å². The van der Waals surface area contributed by atoms with Gasteiger partial charge in [0.2, 0.25) is 6.79 Å². The largest absolute Gasteiger partial charge is 0.454 e. The van der Waals surface area contributed by atoms with Gasteiger partial charge in [-0.15, -0.1) is 0 Å². The van der Waals surface area contributed by atoms with Gasteiger partial charge in [0.1, 0.15) is 5.82 Å². The van der Waals surface area contributed by atoms with Gasteiger partial charge in [0, 0.05) is 25.1 Å². The molecule has 19 heavy (non-hydrogen) atoms. The number of aromatic nitrogens is 2. The highest BCUT2D eigenvalue weighted by Gasteiger charge is 2.18. The molecule has 0 fully saturated rings. The minimum absolute atomic E-state index is 0.301. The van der Waals surface area contributed by atoms with E-state index < -0.39 is 0 Å². The minimum atomic E-state index is 0.301. The Balaban J connectivity index is 2.02. The monoisotopic (exact) mass is 261 g/mol. The van der Waals surface area contributed by atoms with Crippen LogP contribution >= 0.6 is 0 Å². The number of benzene rings is 1. The van der Waals surface area contributed by atoms with E-state index in [1.165, 1.54) is 0 Å². The molecule has 0 atom stereocenters. The molecular weight excluding hydrogens is 242 g/mol. The van der Waals surface area contributed by atoms with E-state index in [1.54, 1.807) is 0 Å². The maximum absolute atomic E-state index is 5.56. The van der Waals surface area contributed by atoms with Crippen LogP contribution in [0.25, 0.3) is 11.0 Å². The number of ether oxygens (including phenoxy) is 2. The molecule has 2 aromatic rings. The van der Waals surface area contributed by atoms with Gasteiger partial charge in [0.05, 0.1) is 11.0 Å². The number of rotatable bonds is 5. The van der Waals surface area contributed by atoms with Crippen molar-refractivity contribution in [3.63, 3.8) is 0 Å². The van der Waals surface area contributed by atoms with E-state index in [0.29, 0.717) is 6.79 Å². The maximum atomic E-state index is 5.56. The van der Waals surface area contributed by atoms with Gasteiger partial charge in [-0.2, -0.15) is 0 Å². The average molecular weight is 261 g/mol. The fraction of sp³-hybridized carbons (Fsp3) is 0.500. The number of imidazole rings is 1. The summed E-state index contributed by atoms with van der Waals surface area (Å²) in [4.78, 5) is 4.68. The first kappa shape index (κ1) is 12.3. The van der Waals surface area contributed by atoms with Crippen molar-refractivity contribution < 1.29 is 9.47 Å². The second-order valence-electron chi connectivity index (χ2n) is 4.72. The van der Waals surface area contributed by atoms with Gasteiger partial charge in [-0.25, -0.2) is 4.98 Å². The van der Waals surface area contributed by atoms with Crippen LogP contribution in [0.3, 0.4) is 0 Å². The fourth-order valence-corrected chi connectivity index (χ4v) is 2.50. The summed E-state index contributed by atoms with van der Waals surface area (Å²) in [5, 5.41) is 0. The standard InChI is InChI=1S/C14H19N3O2/c1-2-14-16-10-7-12-13(19-9-18-12)8-11(10)17(14)6-4-3-5-15/h7-8H,2-6,9,15H2,1H3. The van der Waals surface area contributed by atoms with Crippen LogP contribution in [0.2, 0.25) is 0 Å².